The van der Waals surface area contributed by atoms with Gasteiger partial charge in [0.2, 0.25) is 0 Å². The molecule has 0 saturated carbocycles. The Balaban J connectivity index is 2.60. The SMILES string of the molecule is Cc1ccc(C)c(-c2c(C)nc(CCN)n2C)c1. The zero-order chi connectivity index (χ0) is 13.3. The maximum absolute atomic E-state index is 5.63. The van der Waals surface area contributed by atoms with Crippen LogP contribution in [0.25, 0.3) is 11.3 Å². The minimum Gasteiger partial charge on any atom is -0.331 e. The van der Waals surface area contributed by atoms with Crippen LogP contribution in [0, 0.1) is 20.8 Å². The van der Waals surface area contributed by atoms with Crippen LogP contribution in [0.15, 0.2) is 18.2 Å². The van der Waals surface area contributed by atoms with Crippen molar-refractivity contribution in [3.63, 3.8) is 0 Å². The summed E-state index contributed by atoms with van der Waals surface area (Å²) in [6.45, 7) is 6.97. The van der Waals surface area contributed by atoms with E-state index in [0.29, 0.717) is 6.54 Å². The normalized spacial score (nSPS) is 10.9. The standard InChI is InChI=1S/C15H21N3/c1-10-5-6-11(2)13(9-10)15-12(3)17-14(7-8-16)18(15)4/h5-6,9H,7-8,16H2,1-4H3. The van der Waals surface area contributed by atoms with Crippen molar-refractivity contribution in [2.45, 2.75) is 27.2 Å². The van der Waals surface area contributed by atoms with E-state index in [-0.39, 0.29) is 0 Å². The first-order valence-corrected chi connectivity index (χ1v) is 6.34. The van der Waals surface area contributed by atoms with Crippen molar-refractivity contribution in [3.05, 3.63) is 40.8 Å². The Morgan fingerprint density at radius 2 is 1.94 bits per heavy atom. The molecule has 1 aromatic heterocycles. The highest BCUT2D eigenvalue weighted by molar-refractivity contribution is 5.67. The van der Waals surface area contributed by atoms with Crippen LogP contribution in [0.3, 0.4) is 0 Å². The second-order valence-corrected chi connectivity index (χ2v) is 4.88. The van der Waals surface area contributed by atoms with Gasteiger partial charge in [-0.05, 0) is 38.9 Å². The predicted molar refractivity (Wildman–Crippen MR) is 75.6 cm³/mol. The molecule has 0 aliphatic heterocycles. The maximum Gasteiger partial charge on any atom is 0.110 e. The van der Waals surface area contributed by atoms with Gasteiger partial charge in [0.05, 0.1) is 11.4 Å². The molecular formula is C15H21N3. The van der Waals surface area contributed by atoms with Gasteiger partial charge in [0.25, 0.3) is 0 Å². The number of aryl methyl sites for hydroxylation is 3. The van der Waals surface area contributed by atoms with E-state index in [0.717, 1.165) is 17.9 Å². The molecule has 0 radical (unpaired) electrons. The van der Waals surface area contributed by atoms with E-state index in [2.05, 4.69) is 55.6 Å². The van der Waals surface area contributed by atoms with Crippen molar-refractivity contribution in [1.29, 1.82) is 0 Å². The van der Waals surface area contributed by atoms with E-state index in [1.165, 1.54) is 22.4 Å². The van der Waals surface area contributed by atoms with Gasteiger partial charge in [-0.3, -0.25) is 0 Å². The Kier molecular flexibility index (Phi) is 3.53. The molecule has 18 heavy (non-hydrogen) atoms. The fourth-order valence-electron chi connectivity index (χ4n) is 2.41. The van der Waals surface area contributed by atoms with Crippen LogP contribution in [0.4, 0.5) is 0 Å². The van der Waals surface area contributed by atoms with Gasteiger partial charge in [-0.25, -0.2) is 4.98 Å². The molecule has 2 rings (SSSR count). The lowest BCUT2D eigenvalue weighted by molar-refractivity contribution is 0.781. The summed E-state index contributed by atoms with van der Waals surface area (Å²) in [4.78, 5) is 4.63. The maximum atomic E-state index is 5.63. The Morgan fingerprint density at radius 1 is 1.22 bits per heavy atom. The molecular weight excluding hydrogens is 222 g/mol. The minimum atomic E-state index is 0.635. The summed E-state index contributed by atoms with van der Waals surface area (Å²) in [5.41, 5.74) is 11.7. The van der Waals surface area contributed by atoms with Crippen molar-refractivity contribution >= 4 is 0 Å². The minimum absolute atomic E-state index is 0.635. The highest BCUT2D eigenvalue weighted by Gasteiger charge is 2.14. The fraction of sp³-hybridized carbons (Fsp3) is 0.400. The average Bonchev–Trinajstić information content (AvgIpc) is 2.59. The molecule has 1 heterocycles. The summed E-state index contributed by atoms with van der Waals surface area (Å²) in [5, 5.41) is 0. The summed E-state index contributed by atoms with van der Waals surface area (Å²) < 4.78 is 2.17. The molecule has 0 spiro atoms. The lowest BCUT2D eigenvalue weighted by Crippen LogP contribution is -2.08. The third-order valence-corrected chi connectivity index (χ3v) is 3.38. The van der Waals surface area contributed by atoms with Gasteiger partial charge >= 0.3 is 0 Å². The topological polar surface area (TPSA) is 43.8 Å². The number of hydrogen-bond acceptors (Lipinski definition) is 2. The van der Waals surface area contributed by atoms with Crippen LogP contribution < -0.4 is 5.73 Å². The Morgan fingerprint density at radius 3 is 2.61 bits per heavy atom. The van der Waals surface area contributed by atoms with Gasteiger partial charge in [0, 0.05) is 19.0 Å². The van der Waals surface area contributed by atoms with Crippen molar-refractivity contribution in [1.82, 2.24) is 9.55 Å². The molecule has 0 aliphatic rings. The summed E-state index contributed by atoms with van der Waals surface area (Å²) >= 11 is 0. The smallest absolute Gasteiger partial charge is 0.110 e. The van der Waals surface area contributed by atoms with Crippen LogP contribution in [0.2, 0.25) is 0 Å². The number of aromatic nitrogens is 2. The lowest BCUT2D eigenvalue weighted by Gasteiger charge is -2.10. The van der Waals surface area contributed by atoms with E-state index in [9.17, 15) is 0 Å². The number of hydrogen-bond donors (Lipinski definition) is 1. The number of nitrogens with two attached hydrogens (primary N) is 1. The highest BCUT2D eigenvalue weighted by Crippen LogP contribution is 2.28. The van der Waals surface area contributed by atoms with Crippen LogP contribution in [0.1, 0.15) is 22.6 Å². The highest BCUT2D eigenvalue weighted by atomic mass is 15.1. The molecule has 0 amide bonds. The van der Waals surface area contributed by atoms with E-state index in [4.69, 9.17) is 5.73 Å². The van der Waals surface area contributed by atoms with Gasteiger partial charge in [0.1, 0.15) is 5.82 Å². The molecule has 3 nitrogen and oxygen atoms in total. The largest absolute Gasteiger partial charge is 0.331 e. The molecule has 0 aliphatic carbocycles. The number of rotatable bonds is 3. The van der Waals surface area contributed by atoms with Gasteiger partial charge < -0.3 is 10.3 Å². The van der Waals surface area contributed by atoms with Crippen molar-refractivity contribution in [2.75, 3.05) is 6.54 Å². The van der Waals surface area contributed by atoms with Crippen molar-refractivity contribution in [3.8, 4) is 11.3 Å². The van der Waals surface area contributed by atoms with E-state index in [1.807, 2.05) is 0 Å². The number of imidazole rings is 1. The summed E-state index contributed by atoms with van der Waals surface area (Å²) in [5.74, 6) is 1.06. The molecule has 0 bridgehead atoms. The van der Waals surface area contributed by atoms with Crippen LogP contribution in [0.5, 0.6) is 0 Å². The zero-order valence-corrected chi connectivity index (χ0v) is 11.6. The first-order chi connectivity index (χ1) is 8.54. The molecule has 0 unspecified atom stereocenters. The Labute approximate surface area is 109 Å². The average molecular weight is 243 g/mol. The summed E-state index contributed by atoms with van der Waals surface area (Å²) in [7, 11) is 2.07. The Hall–Kier alpha value is -1.61. The molecule has 2 N–H and O–H groups in total. The van der Waals surface area contributed by atoms with E-state index < -0.39 is 0 Å². The van der Waals surface area contributed by atoms with E-state index in [1.54, 1.807) is 0 Å². The zero-order valence-electron chi connectivity index (χ0n) is 11.6. The fourth-order valence-corrected chi connectivity index (χ4v) is 2.41. The van der Waals surface area contributed by atoms with Crippen molar-refractivity contribution in [2.24, 2.45) is 12.8 Å². The number of benzene rings is 1. The summed E-state index contributed by atoms with van der Waals surface area (Å²) in [6.07, 6.45) is 0.822. The molecule has 1 aromatic carbocycles. The first kappa shape index (κ1) is 12.8. The Bertz CT molecular complexity index is 567. The molecule has 96 valence electrons. The van der Waals surface area contributed by atoms with E-state index >= 15 is 0 Å². The van der Waals surface area contributed by atoms with Gasteiger partial charge in [-0.15, -0.1) is 0 Å². The van der Waals surface area contributed by atoms with Gasteiger partial charge in [-0.1, -0.05) is 17.7 Å². The second-order valence-electron chi connectivity index (χ2n) is 4.88. The quantitative estimate of drug-likeness (QED) is 0.900. The lowest BCUT2D eigenvalue weighted by atomic mass is 10.0. The van der Waals surface area contributed by atoms with Crippen LogP contribution >= 0.6 is 0 Å². The monoisotopic (exact) mass is 243 g/mol. The first-order valence-electron chi connectivity index (χ1n) is 6.34. The third-order valence-electron chi connectivity index (χ3n) is 3.38. The second kappa shape index (κ2) is 4.94. The summed E-state index contributed by atoms with van der Waals surface area (Å²) in [6, 6.07) is 6.54. The van der Waals surface area contributed by atoms with Crippen LogP contribution in [-0.2, 0) is 13.5 Å². The molecule has 0 fully saturated rings. The van der Waals surface area contributed by atoms with Crippen molar-refractivity contribution < 1.29 is 0 Å². The molecule has 0 atom stereocenters. The number of nitrogens with zero attached hydrogens (tertiary/aromatic N) is 2. The van der Waals surface area contributed by atoms with Gasteiger partial charge in [0.15, 0.2) is 0 Å². The molecule has 2 aromatic rings. The molecule has 3 heteroatoms. The van der Waals surface area contributed by atoms with Crippen LogP contribution in [-0.4, -0.2) is 16.1 Å². The molecule has 0 saturated heterocycles. The predicted octanol–water partition coefficient (Wildman–Crippen LogP) is 2.51. The third kappa shape index (κ3) is 2.18. The van der Waals surface area contributed by atoms with Gasteiger partial charge in [-0.2, -0.15) is 0 Å².